The second-order valence-corrected chi connectivity index (χ2v) is 7.75. The number of methoxy groups -OCH3 is 1. The average Bonchev–Trinajstić information content (AvgIpc) is 3.20. The number of thiophene rings is 1. The SMILES string of the molecule is COc1ccc(Cl)c(-c2cc(NC(=O)N(C)/C=C/N=Cc3cccnc3)c(C=O)s2)c1. The number of hydrogen-bond acceptors (Lipinski definition) is 6. The molecular formula is C22H19ClN4O3S. The van der Waals surface area contributed by atoms with E-state index in [9.17, 15) is 9.59 Å². The summed E-state index contributed by atoms with van der Waals surface area (Å²) in [6, 6.07) is 10.2. The number of nitrogens with one attached hydrogen (secondary N) is 1. The van der Waals surface area contributed by atoms with Crippen molar-refractivity contribution in [3.05, 3.63) is 76.7 Å². The highest BCUT2D eigenvalue weighted by molar-refractivity contribution is 7.17. The van der Waals surface area contributed by atoms with E-state index < -0.39 is 6.03 Å². The van der Waals surface area contributed by atoms with Gasteiger partial charge in [-0.3, -0.25) is 14.8 Å². The van der Waals surface area contributed by atoms with E-state index in [1.54, 1.807) is 57.0 Å². The maximum absolute atomic E-state index is 12.5. The van der Waals surface area contributed by atoms with Gasteiger partial charge in [-0.15, -0.1) is 11.3 Å². The maximum atomic E-state index is 12.5. The molecule has 0 aliphatic rings. The molecule has 0 unspecified atom stereocenters. The van der Waals surface area contributed by atoms with Gasteiger partial charge < -0.3 is 15.0 Å². The van der Waals surface area contributed by atoms with Crippen LogP contribution in [0.4, 0.5) is 10.5 Å². The highest BCUT2D eigenvalue weighted by atomic mass is 35.5. The van der Waals surface area contributed by atoms with Gasteiger partial charge in [0.05, 0.1) is 17.7 Å². The standard InChI is InChI=1S/C22H19ClN4O3S/c1-27(9-8-25-13-15-4-3-7-24-12-15)22(29)26-19-11-20(31-21(19)14-28)17-10-16(30-2)5-6-18(17)23/h3-14H,1-2H3,(H,26,29)/b9-8+,25-13?. The summed E-state index contributed by atoms with van der Waals surface area (Å²) in [5.41, 5.74) is 1.96. The number of aldehydes is 1. The average molecular weight is 455 g/mol. The predicted molar refractivity (Wildman–Crippen MR) is 124 cm³/mol. The zero-order chi connectivity index (χ0) is 22.2. The first-order chi connectivity index (χ1) is 15.0. The first kappa shape index (κ1) is 22.2. The molecule has 0 bridgehead atoms. The number of hydrogen-bond donors (Lipinski definition) is 1. The van der Waals surface area contributed by atoms with Crippen LogP contribution in [0.2, 0.25) is 5.02 Å². The van der Waals surface area contributed by atoms with E-state index >= 15 is 0 Å². The Morgan fingerprint density at radius 2 is 2.16 bits per heavy atom. The van der Waals surface area contributed by atoms with Gasteiger partial charge in [-0.05, 0) is 30.3 Å². The maximum Gasteiger partial charge on any atom is 0.325 e. The molecule has 0 radical (unpaired) electrons. The molecule has 31 heavy (non-hydrogen) atoms. The minimum absolute atomic E-state index is 0.384. The third kappa shape index (κ3) is 5.78. The summed E-state index contributed by atoms with van der Waals surface area (Å²) in [7, 11) is 3.15. The summed E-state index contributed by atoms with van der Waals surface area (Å²) < 4.78 is 5.24. The number of aliphatic imine (C=N–C) groups is 1. The van der Waals surface area contributed by atoms with Gasteiger partial charge in [0.25, 0.3) is 0 Å². The molecule has 3 rings (SSSR count). The first-order valence-electron chi connectivity index (χ1n) is 9.08. The summed E-state index contributed by atoms with van der Waals surface area (Å²) >= 11 is 7.53. The Morgan fingerprint density at radius 1 is 1.32 bits per heavy atom. The molecule has 0 fully saturated rings. The van der Waals surface area contributed by atoms with Crippen LogP contribution in [0, 0.1) is 0 Å². The first-order valence-corrected chi connectivity index (χ1v) is 10.3. The monoisotopic (exact) mass is 454 g/mol. The van der Waals surface area contributed by atoms with Gasteiger partial charge in [0, 0.05) is 59.1 Å². The minimum atomic E-state index is -0.419. The normalized spacial score (nSPS) is 11.1. The fraction of sp³-hybridized carbons (Fsp3) is 0.0909. The molecule has 1 N–H and O–H groups in total. The van der Waals surface area contributed by atoms with Crippen LogP contribution in [0.3, 0.4) is 0 Å². The molecule has 1 aromatic carbocycles. The van der Waals surface area contributed by atoms with Crippen molar-refractivity contribution >= 4 is 47.2 Å². The van der Waals surface area contributed by atoms with Crippen molar-refractivity contribution in [2.75, 3.05) is 19.5 Å². The number of carbonyl (C=O) groups is 2. The summed E-state index contributed by atoms with van der Waals surface area (Å²) in [4.78, 5) is 34.6. The van der Waals surface area contributed by atoms with Crippen LogP contribution < -0.4 is 10.1 Å². The smallest absolute Gasteiger partial charge is 0.325 e. The molecule has 158 valence electrons. The number of urea groups is 1. The number of amides is 2. The lowest BCUT2D eigenvalue weighted by molar-refractivity contribution is 0.112. The van der Waals surface area contributed by atoms with Crippen molar-refractivity contribution in [1.29, 1.82) is 0 Å². The van der Waals surface area contributed by atoms with Crippen LogP contribution >= 0.6 is 22.9 Å². The molecule has 2 amide bonds. The number of rotatable bonds is 7. The fourth-order valence-corrected chi connectivity index (χ4v) is 3.77. The number of ether oxygens (including phenoxy) is 1. The molecule has 2 heterocycles. The van der Waals surface area contributed by atoms with Crippen molar-refractivity contribution in [2.24, 2.45) is 4.99 Å². The zero-order valence-electron chi connectivity index (χ0n) is 16.8. The lowest BCUT2D eigenvalue weighted by Crippen LogP contribution is -2.26. The number of carbonyl (C=O) groups excluding carboxylic acids is 2. The van der Waals surface area contributed by atoms with E-state index in [4.69, 9.17) is 16.3 Å². The Bertz CT molecular complexity index is 1130. The Balaban J connectivity index is 1.71. The van der Waals surface area contributed by atoms with Crippen molar-refractivity contribution < 1.29 is 14.3 Å². The second kappa shape index (κ2) is 10.5. The van der Waals surface area contributed by atoms with Crippen LogP contribution in [0.25, 0.3) is 10.4 Å². The van der Waals surface area contributed by atoms with Gasteiger partial charge >= 0.3 is 6.03 Å². The van der Waals surface area contributed by atoms with Crippen molar-refractivity contribution in [2.45, 2.75) is 0 Å². The van der Waals surface area contributed by atoms with E-state index in [2.05, 4.69) is 15.3 Å². The Labute approximate surface area is 188 Å². The topological polar surface area (TPSA) is 83.9 Å². The Kier molecular flexibility index (Phi) is 7.53. The van der Waals surface area contributed by atoms with E-state index in [1.165, 1.54) is 28.6 Å². The molecular weight excluding hydrogens is 436 g/mol. The largest absolute Gasteiger partial charge is 0.497 e. The van der Waals surface area contributed by atoms with Crippen LogP contribution in [-0.4, -0.2) is 42.6 Å². The number of aromatic nitrogens is 1. The number of pyridine rings is 1. The number of nitrogens with zero attached hydrogens (tertiary/aromatic N) is 3. The van der Waals surface area contributed by atoms with Crippen molar-refractivity contribution in [1.82, 2.24) is 9.88 Å². The summed E-state index contributed by atoms with van der Waals surface area (Å²) in [6.45, 7) is 0. The van der Waals surface area contributed by atoms with Crippen LogP contribution in [0.5, 0.6) is 5.75 Å². The lowest BCUT2D eigenvalue weighted by Gasteiger charge is -2.12. The van der Waals surface area contributed by atoms with Crippen molar-refractivity contribution in [3.8, 4) is 16.2 Å². The third-order valence-electron chi connectivity index (χ3n) is 4.15. The van der Waals surface area contributed by atoms with E-state index in [-0.39, 0.29) is 0 Å². The predicted octanol–water partition coefficient (Wildman–Crippen LogP) is 5.34. The van der Waals surface area contributed by atoms with Gasteiger partial charge in [-0.25, -0.2) is 4.79 Å². The van der Waals surface area contributed by atoms with Crippen LogP contribution in [0.15, 0.2) is 66.2 Å². The van der Waals surface area contributed by atoms with E-state index in [0.717, 1.165) is 10.4 Å². The number of anilines is 1. The van der Waals surface area contributed by atoms with Crippen LogP contribution in [-0.2, 0) is 0 Å². The molecule has 7 nitrogen and oxygen atoms in total. The Morgan fingerprint density at radius 3 is 2.87 bits per heavy atom. The molecule has 0 spiro atoms. The summed E-state index contributed by atoms with van der Waals surface area (Å²) in [6.07, 6.45) is 8.68. The molecule has 0 saturated heterocycles. The van der Waals surface area contributed by atoms with Crippen molar-refractivity contribution in [3.63, 3.8) is 0 Å². The van der Waals surface area contributed by atoms with Gasteiger partial charge in [0.15, 0.2) is 6.29 Å². The van der Waals surface area contributed by atoms with Gasteiger partial charge in [0.1, 0.15) is 5.75 Å². The summed E-state index contributed by atoms with van der Waals surface area (Å²) in [5.74, 6) is 0.641. The molecule has 0 aliphatic carbocycles. The third-order valence-corrected chi connectivity index (χ3v) is 5.58. The molecule has 3 aromatic rings. The molecule has 9 heteroatoms. The number of benzene rings is 1. The Hall–Kier alpha value is -3.49. The highest BCUT2D eigenvalue weighted by Gasteiger charge is 2.16. The fourth-order valence-electron chi connectivity index (χ4n) is 2.53. The zero-order valence-corrected chi connectivity index (χ0v) is 18.4. The second-order valence-electron chi connectivity index (χ2n) is 6.26. The quantitative estimate of drug-likeness (QED) is 0.386. The van der Waals surface area contributed by atoms with Gasteiger partial charge in [-0.1, -0.05) is 17.7 Å². The minimum Gasteiger partial charge on any atom is -0.497 e. The molecule has 0 atom stereocenters. The summed E-state index contributed by atoms with van der Waals surface area (Å²) in [5, 5.41) is 3.25. The molecule has 0 aliphatic heterocycles. The lowest BCUT2D eigenvalue weighted by atomic mass is 10.1. The van der Waals surface area contributed by atoms with E-state index in [1.807, 2.05) is 12.1 Å². The molecule has 2 aromatic heterocycles. The number of halogens is 1. The van der Waals surface area contributed by atoms with Gasteiger partial charge in [-0.2, -0.15) is 0 Å². The van der Waals surface area contributed by atoms with E-state index in [0.29, 0.717) is 33.2 Å². The highest BCUT2D eigenvalue weighted by Crippen LogP contribution is 2.39. The molecule has 0 saturated carbocycles. The van der Waals surface area contributed by atoms with Gasteiger partial charge in [0.2, 0.25) is 0 Å². The van der Waals surface area contributed by atoms with Crippen LogP contribution in [0.1, 0.15) is 15.2 Å².